The molecule has 0 spiro atoms. The number of rotatable bonds is 9. The highest BCUT2D eigenvalue weighted by molar-refractivity contribution is 6.10. The van der Waals surface area contributed by atoms with E-state index in [0.29, 0.717) is 0 Å². The lowest BCUT2D eigenvalue weighted by molar-refractivity contribution is 1.18. The third-order valence-electron chi connectivity index (χ3n) is 13.0. The number of nitrogens with zero attached hydrogens (tertiary/aromatic N) is 2. The molecule has 0 unspecified atom stereocenters. The summed E-state index contributed by atoms with van der Waals surface area (Å²) in [4.78, 5) is 2.42. The second kappa shape index (κ2) is 16.8. The zero-order valence-corrected chi connectivity index (χ0v) is 36.3. The van der Waals surface area contributed by atoms with E-state index in [1.165, 1.54) is 71.5 Å². The summed E-state index contributed by atoms with van der Waals surface area (Å²) in [5.74, 6) is 0. The average Bonchev–Trinajstić information content (AvgIpc) is 3.74. The number of benzene rings is 11. The van der Waals surface area contributed by atoms with Crippen LogP contribution in [0.15, 0.2) is 267 Å². The molecular formula is C64H44N2. The van der Waals surface area contributed by atoms with Crippen LogP contribution in [0, 0.1) is 0 Å². The zero-order valence-electron chi connectivity index (χ0n) is 36.3. The van der Waals surface area contributed by atoms with E-state index in [1.807, 2.05) is 0 Å². The molecule has 1 heterocycles. The van der Waals surface area contributed by atoms with E-state index in [9.17, 15) is 0 Å². The molecule has 0 radical (unpaired) electrons. The van der Waals surface area contributed by atoms with Gasteiger partial charge in [0, 0.05) is 33.3 Å². The second-order valence-electron chi connectivity index (χ2n) is 16.9. The summed E-state index contributed by atoms with van der Waals surface area (Å²) in [6.07, 6.45) is 0. The molecule has 0 bridgehead atoms. The van der Waals surface area contributed by atoms with Crippen LogP contribution in [-0.4, -0.2) is 4.57 Å². The lowest BCUT2D eigenvalue weighted by Crippen LogP contribution is -2.11. The highest BCUT2D eigenvalue weighted by atomic mass is 15.1. The van der Waals surface area contributed by atoms with Crippen LogP contribution >= 0.6 is 0 Å². The molecule has 66 heavy (non-hydrogen) atoms. The quantitative estimate of drug-likeness (QED) is 0.141. The molecule has 0 aliphatic carbocycles. The van der Waals surface area contributed by atoms with Gasteiger partial charge in [0.25, 0.3) is 0 Å². The first-order valence-corrected chi connectivity index (χ1v) is 22.7. The summed E-state index contributed by atoms with van der Waals surface area (Å²) in [7, 11) is 0. The van der Waals surface area contributed by atoms with Gasteiger partial charge in [0.1, 0.15) is 0 Å². The highest BCUT2D eigenvalue weighted by Crippen LogP contribution is 2.45. The first-order chi connectivity index (χ1) is 32.7. The van der Waals surface area contributed by atoms with Gasteiger partial charge in [-0.25, -0.2) is 0 Å². The zero-order chi connectivity index (χ0) is 43.8. The van der Waals surface area contributed by atoms with Gasteiger partial charge in [-0.3, -0.25) is 0 Å². The van der Waals surface area contributed by atoms with E-state index in [1.54, 1.807) is 0 Å². The van der Waals surface area contributed by atoms with Crippen molar-refractivity contribution in [2.45, 2.75) is 0 Å². The summed E-state index contributed by atoms with van der Waals surface area (Å²) in [5, 5.41) is 5.00. The van der Waals surface area contributed by atoms with Crippen molar-refractivity contribution in [3.05, 3.63) is 267 Å². The molecule has 0 N–H and O–H groups in total. The van der Waals surface area contributed by atoms with Crippen LogP contribution in [0.5, 0.6) is 0 Å². The molecule has 2 nitrogen and oxygen atoms in total. The standard InChI is InChI=1S/C64H44N2/c1-3-16-45(17-4-1)46-30-32-47(33-31-46)52-38-43-64(60(44-52)49-18-5-2-6-19-49)65(53-39-34-50(35-40-53)56-26-15-21-48-20-7-8-22-55(48)56)54-41-36-51(37-42-54)57-23-9-12-27-61(57)66-62-28-13-10-24-58(62)59-25-11-14-29-63(59)66/h1-44H. The fraction of sp³-hybridized carbons (Fsp3) is 0. The Bertz CT molecular complexity index is 3600. The summed E-state index contributed by atoms with van der Waals surface area (Å²) in [6, 6.07) is 96.9. The maximum absolute atomic E-state index is 2.42. The molecule has 11 aromatic carbocycles. The molecular weight excluding hydrogens is 797 g/mol. The molecule has 310 valence electrons. The van der Waals surface area contributed by atoms with Crippen molar-refractivity contribution < 1.29 is 0 Å². The number of fused-ring (bicyclic) bond motifs is 4. The van der Waals surface area contributed by atoms with E-state index < -0.39 is 0 Å². The highest BCUT2D eigenvalue weighted by Gasteiger charge is 2.20. The molecule has 12 rings (SSSR count). The Kier molecular flexibility index (Phi) is 9.89. The van der Waals surface area contributed by atoms with Crippen molar-refractivity contribution in [3.63, 3.8) is 0 Å². The van der Waals surface area contributed by atoms with Gasteiger partial charge in [0.15, 0.2) is 0 Å². The summed E-state index contributed by atoms with van der Waals surface area (Å²) >= 11 is 0. The SMILES string of the molecule is c1ccc(-c2ccc(-c3ccc(N(c4ccc(-c5ccccc5-n5c6ccccc6c6ccccc65)cc4)c4ccc(-c5cccc6ccccc56)cc4)c(-c4ccccc4)c3)cc2)cc1. The van der Waals surface area contributed by atoms with Crippen LogP contribution < -0.4 is 4.90 Å². The lowest BCUT2D eigenvalue weighted by Gasteiger charge is -2.29. The minimum Gasteiger partial charge on any atom is -0.310 e. The number of aromatic nitrogens is 1. The van der Waals surface area contributed by atoms with Gasteiger partial charge < -0.3 is 9.47 Å². The number of para-hydroxylation sites is 3. The molecule has 0 saturated carbocycles. The van der Waals surface area contributed by atoms with Crippen molar-refractivity contribution in [1.82, 2.24) is 4.57 Å². The Hall–Kier alpha value is -8.72. The fourth-order valence-corrected chi connectivity index (χ4v) is 9.82. The van der Waals surface area contributed by atoms with Crippen molar-refractivity contribution in [3.8, 4) is 61.3 Å². The lowest BCUT2D eigenvalue weighted by atomic mass is 9.94. The van der Waals surface area contributed by atoms with Crippen LogP contribution in [0.1, 0.15) is 0 Å². The third kappa shape index (κ3) is 7.02. The van der Waals surface area contributed by atoms with Crippen molar-refractivity contribution in [1.29, 1.82) is 0 Å². The van der Waals surface area contributed by atoms with Gasteiger partial charge in [-0.1, -0.05) is 212 Å². The van der Waals surface area contributed by atoms with Gasteiger partial charge in [0.05, 0.1) is 22.4 Å². The minimum absolute atomic E-state index is 1.07. The molecule has 0 aliphatic rings. The van der Waals surface area contributed by atoms with E-state index in [0.717, 1.165) is 39.4 Å². The number of hydrogen-bond donors (Lipinski definition) is 0. The van der Waals surface area contributed by atoms with Crippen LogP contribution in [0.2, 0.25) is 0 Å². The Morgan fingerprint density at radius 1 is 0.258 bits per heavy atom. The van der Waals surface area contributed by atoms with Crippen LogP contribution in [0.3, 0.4) is 0 Å². The molecule has 12 aromatic rings. The predicted octanol–water partition coefficient (Wildman–Crippen LogP) is 17.7. The van der Waals surface area contributed by atoms with Crippen LogP contribution in [-0.2, 0) is 0 Å². The Balaban J connectivity index is 0.996. The predicted molar refractivity (Wildman–Crippen MR) is 280 cm³/mol. The Labute approximate surface area is 385 Å². The van der Waals surface area contributed by atoms with Gasteiger partial charge in [-0.2, -0.15) is 0 Å². The molecule has 0 saturated heterocycles. The average molecular weight is 841 g/mol. The molecule has 0 amide bonds. The van der Waals surface area contributed by atoms with Crippen LogP contribution in [0.25, 0.3) is 93.9 Å². The molecule has 0 fully saturated rings. The van der Waals surface area contributed by atoms with E-state index in [-0.39, 0.29) is 0 Å². The van der Waals surface area contributed by atoms with Crippen molar-refractivity contribution in [2.24, 2.45) is 0 Å². The summed E-state index contributed by atoms with van der Waals surface area (Å²) < 4.78 is 2.42. The van der Waals surface area contributed by atoms with Crippen molar-refractivity contribution in [2.75, 3.05) is 4.90 Å². The van der Waals surface area contributed by atoms with E-state index in [4.69, 9.17) is 0 Å². The molecule has 2 heteroatoms. The normalized spacial score (nSPS) is 11.3. The van der Waals surface area contributed by atoms with Gasteiger partial charge in [-0.15, -0.1) is 0 Å². The van der Waals surface area contributed by atoms with Crippen molar-refractivity contribution >= 4 is 49.6 Å². The Morgan fingerprint density at radius 3 is 1.33 bits per heavy atom. The van der Waals surface area contributed by atoms with Gasteiger partial charge in [-0.05, 0) is 110 Å². The molecule has 0 atom stereocenters. The van der Waals surface area contributed by atoms with Gasteiger partial charge in [0.2, 0.25) is 0 Å². The maximum atomic E-state index is 2.42. The smallest absolute Gasteiger partial charge is 0.0541 e. The first kappa shape index (κ1) is 38.9. The van der Waals surface area contributed by atoms with Crippen LogP contribution in [0.4, 0.5) is 17.1 Å². The number of hydrogen-bond acceptors (Lipinski definition) is 1. The maximum Gasteiger partial charge on any atom is 0.0541 e. The summed E-state index contributed by atoms with van der Waals surface area (Å²) in [5.41, 5.74) is 18.6. The molecule has 1 aromatic heterocycles. The minimum atomic E-state index is 1.07. The monoisotopic (exact) mass is 840 g/mol. The third-order valence-corrected chi connectivity index (χ3v) is 13.0. The number of anilines is 3. The summed E-state index contributed by atoms with van der Waals surface area (Å²) in [6.45, 7) is 0. The van der Waals surface area contributed by atoms with E-state index >= 15 is 0 Å². The largest absolute Gasteiger partial charge is 0.310 e. The molecule has 0 aliphatic heterocycles. The topological polar surface area (TPSA) is 8.17 Å². The first-order valence-electron chi connectivity index (χ1n) is 22.7. The van der Waals surface area contributed by atoms with E-state index in [2.05, 4.69) is 276 Å². The second-order valence-corrected chi connectivity index (χ2v) is 16.9. The van der Waals surface area contributed by atoms with Gasteiger partial charge >= 0.3 is 0 Å². The Morgan fingerprint density at radius 2 is 0.682 bits per heavy atom. The fourth-order valence-electron chi connectivity index (χ4n) is 9.82.